The molecule has 0 bridgehead atoms. The summed E-state index contributed by atoms with van der Waals surface area (Å²) < 4.78 is 32.4. The molecule has 1 aliphatic heterocycles. The van der Waals surface area contributed by atoms with Crippen LogP contribution >= 0.6 is 0 Å². The molecule has 1 aliphatic rings. The molecule has 0 radical (unpaired) electrons. The van der Waals surface area contributed by atoms with Gasteiger partial charge < -0.3 is 9.64 Å². The molecule has 1 fully saturated rings. The first-order valence-electron chi connectivity index (χ1n) is 9.84. The number of carbonyl (C=O) groups excluding carboxylic acids is 1. The van der Waals surface area contributed by atoms with Crippen LogP contribution in [0.15, 0.2) is 59.5 Å². The average Bonchev–Trinajstić information content (AvgIpc) is 2.74. The van der Waals surface area contributed by atoms with Crippen LogP contribution in [0, 0.1) is 5.92 Å². The smallest absolute Gasteiger partial charge is 0.243 e. The summed E-state index contributed by atoms with van der Waals surface area (Å²) in [6.45, 7) is 3.76. The molecule has 156 valence electrons. The Kier molecular flexibility index (Phi) is 6.92. The van der Waals surface area contributed by atoms with Crippen LogP contribution in [0.4, 0.5) is 0 Å². The molecular weight excluding hydrogens is 388 g/mol. The lowest BCUT2D eigenvalue weighted by Crippen LogP contribution is -2.42. The third-order valence-corrected chi connectivity index (χ3v) is 7.32. The predicted molar refractivity (Wildman–Crippen MR) is 112 cm³/mol. The van der Waals surface area contributed by atoms with E-state index in [9.17, 15) is 13.2 Å². The molecular formula is C22H28N2O4S. The topological polar surface area (TPSA) is 66.9 Å². The zero-order chi connectivity index (χ0) is 20.9. The van der Waals surface area contributed by atoms with Crippen LogP contribution in [0.5, 0.6) is 5.75 Å². The van der Waals surface area contributed by atoms with Crippen molar-refractivity contribution in [2.24, 2.45) is 5.92 Å². The zero-order valence-electron chi connectivity index (χ0n) is 17.0. The first-order valence-corrected chi connectivity index (χ1v) is 11.3. The summed E-state index contributed by atoms with van der Waals surface area (Å²) in [5.41, 5.74) is 1.10. The van der Waals surface area contributed by atoms with Crippen molar-refractivity contribution in [1.82, 2.24) is 9.21 Å². The predicted octanol–water partition coefficient (Wildman–Crippen LogP) is 3.14. The van der Waals surface area contributed by atoms with Crippen molar-refractivity contribution in [2.75, 3.05) is 26.7 Å². The number of carbonyl (C=O) groups is 1. The van der Waals surface area contributed by atoms with Crippen molar-refractivity contribution in [1.29, 1.82) is 0 Å². The Morgan fingerprint density at radius 2 is 1.69 bits per heavy atom. The van der Waals surface area contributed by atoms with Crippen LogP contribution < -0.4 is 4.74 Å². The summed E-state index contributed by atoms with van der Waals surface area (Å²) in [6.07, 6.45) is 1.49. The van der Waals surface area contributed by atoms with E-state index in [1.165, 1.54) is 0 Å². The van der Waals surface area contributed by atoms with Gasteiger partial charge in [0.1, 0.15) is 5.75 Å². The number of sulfonamides is 1. The lowest BCUT2D eigenvalue weighted by atomic mass is 9.97. The van der Waals surface area contributed by atoms with Crippen LogP contribution in [0.1, 0.15) is 25.3 Å². The van der Waals surface area contributed by atoms with Gasteiger partial charge in [0.25, 0.3) is 0 Å². The van der Waals surface area contributed by atoms with Crippen molar-refractivity contribution in [3.8, 4) is 5.75 Å². The number of rotatable bonds is 7. The molecule has 0 atom stereocenters. The summed E-state index contributed by atoms with van der Waals surface area (Å²) >= 11 is 0. The van der Waals surface area contributed by atoms with Gasteiger partial charge in [-0.3, -0.25) is 4.79 Å². The fraction of sp³-hybridized carbons (Fsp3) is 0.409. The Morgan fingerprint density at radius 3 is 2.24 bits per heavy atom. The normalized spacial score (nSPS) is 15.8. The van der Waals surface area contributed by atoms with Gasteiger partial charge in [-0.15, -0.1) is 0 Å². The van der Waals surface area contributed by atoms with Gasteiger partial charge in [-0.1, -0.05) is 30.3 Å². The molecule has 7 heteroatoms. The van der Waals surface area contributed by atoms with Gasteiger partial charge in [0.2, 0.25) is 15.9 Å². The highest BCUT2D eigenvalue weighted by Gasteiger charge is 2.30. The second kappa shape index (κ2) is 9.41. The Labute approximate surface area is 173 Å². The third kappa shape index (κ3) is 5.36. The van der Waals surface area contributed by atoms with E-state index in [1.54, 1.807) is 42.6 Å². The van der Waals surface area contributed by atoms with E-state index in [0.717, 1.165) is 18.4 Å². The average molecular weight is 417 g/mol. The van der Waals surface area contributed by atoms with Gasteiger partial charge in [-0.25, -0.2) is 8.42 Å². The van der Waals surface area contributed by atoms with Gasteiger partial charge in [0.15, 0.2) is 0 Å². The maximum Gasteiger partial charge on any atom is 0.243 e. The molecule has 1 heterocycles. The minimum Gasteiger partial charge on any atom is -0.497 e. The maximum atomic E-state index is 12.9. The van der Waals surface area contributed by atoms with Crippen molar-refractivity contribution in [2.45, 2.75) is 31.2 Å². The summed E-state index contributed by atoms with van der Waals surface area (Å²) in [5.74, 6) is 0.970. The second-order valence-electron chi connectivity index (χ2n) is 7.41. The molecule has 1 saturated heterocycles. The number of nitrogens with zero attached hydrogens (tertiary/aromatic N) is 2. The van der Waals surface area contributed by atoms with Crippen LogP contribution in [-0.2, 0) is 21.4 Å². The van der Waals surface area contributed by atoms with Crippen LogP contribution in [0.3, 0.4) is 0 Å². The maximum absolute atomic E-state index is 12.9. The first-order chi connectivity index (χ1) is 13.9. The molecule has 0 saturated carbocycles. The van der Waals surface area contributed by atoms with Gasteiger partial charge in [0, 0.05) is 33.1 Å². The third-order valence-electron chi connectivity index (χ3n) is 5.41. The number of methoxy groups -OCH3 is 1. The van der Waals surface area contributed by atoms with Crippen LogP contribution in [0.2, 0.25) is 0 Å². The standard InChI is InChI=1S/C22H28N2O4S/c1-18(25)23(16-19-6-4-3-5-7-19)17-20-12-14-24(15-13-20)29(26,27)22-10-8-21(28-2)9-11-22/h3-11,20H,12-17H2,1-2H3. The molecule has 6 nitrogen and oxygen atoms in total. The van der Waals surface area contributed by atoms with Gasteiger partial charge in [-0.05, 0) is 48.6 Å². The molecule has 0 aliphatic carbocycles. The van der Waals surface area contributed by atoms with Crippen LogP contribution in [0.25, 0.3) is 0 Å². The highest BCUT2D eigenvalue weighted by Crippen LogP contribution is 2.26. The lowest BCUT2D eigenvalue weighted by Gasteiger charge is -2.34. The van der Waals surface area contributed by atoms with Crippen molar-refractivity contribution in [3.05, 3.63) is 60.2 Å². The number of ether oxygens (including phenoxy) is 1. The molecule has 2 aromatic rings. The summed E-state index contributed by atoms with van der Waals surface area (Å²) in [5, 5.41) is 0. The van der Waals surface area contributed by atoms with Gasteiger partial charge >= 0.3 is 0 Å². The van der Waals surface area contributed by atoms with E-state index in [-0.39, 0.29) is 10.8 Å². The number of benzene rings is 2. The molecule has 2 aromatic carbocycles. The Bertz CT molecular complexity index is 906. The zero-order valence-corrected chi connectivity index (χ0v) is 17.8. The molecule has 0 unspecified atom stereocenters. The first kappa shape index (κ1) is 21.3. The highest BCUT2D eigenvalue weighted by molar-refractivity contribution is 7.89. The fourth-order valence-corrected chi connectivity index (χ4v) is 5.12. The number of amides is 1. The van der Waals surface area contributed by atoms with E-state index >= 15 is 0 Å². The van der Waals surface area contributed by atoms with E-state index in [2.05, 4.69) is 0 Å². The summed E-state index contributed by atoms with van der Waals surface area (Å²) in [7, 11) is -1.95. The van der Waals surface area contributed by atoms with E-state index < -0.39 is 10.0 Å². The van der Waals surface area contributed by atoms with Gasteiger partial charge in [0.05, 0.1) is 12.0 Å². The van der Waals surface area contributed by atoms with E-state index in [1.807, 2.05) is 35.2 Å². The quantitative estimate of drug-likeness (QED) is 0.695. The highest BCUT2D eigenvalue weighted by atomic mass is 32.2. The Morgan fingerprint density at radius 1 is 1.07 bits per heavy atom. The SMILES string of the molecule is COc1ccc(S(=O)(=O)N2CCC(CN(Cc3ccccc3)C(C)=O)CC2)cc1. The number of hydrogen-bond donors (Lipinski definition) is 0. The van der Waals surface area contributed by atoms with E-state index in [0.29, 0.717) is 37.8 Å². The fourth-order valence-electron chi connectivity index (χ4n) is 3.65. The van der Waals surface area contributed by atoms with Crippen molar-refractivity contribution < 1.29 is 17.9 Å². The van der Waals surface area contributed by atoms with Gasteiger partial charge in [-0.2, -0.15) is 4.31 Å². The van der Waals surface area contributed by atoms with Crippen LogP contribution in [-0.4, -0.2) is 50.3 Å². The lowest BCUT2D eigenvalue weighted by molar-refractivity contribution is -0.130. The number of hydrogen-bond acceptors (Lipinski definition) is 4. The number of piperidine rings is 1. The Balaban J connectivity index is 1.59. The Hall–Kier alpha value is -2.38. The molecule has 3 rings (SSSR count). The molecule has 29 heavy (non-hydrogen) atoms. The molecule has 0 N–H and O–H groups in total. The molecule has 0 spiro atoms. The van der Waals surface area contributed by atoms with E-state index in [4.69, 9.17) is 4.74 Å². The van der Waals surface area contributed by atoms with Crippen molar-refractivity contribution in [3.63, 3.8) is 0 Å². The summed E-state index contributed by atoms with van der Waals surface area (Å²) in [4.78, 5) is 14.2. The van der Waals surface area contributed by atoms with Crippen molar-refractivity contribution >= 4 is 15.9 Å². The monoisotopic (exact) mass is 416 g/mol. The second-order valence-corrected chi connectivity index (χ2v) is 9.35. The minimum atomic E-state index is -3.51. The minimum absolute atomic E-state index is 0.0436. The molecule has 1 amide bonds. The molecule has 0 aromatic heterocycles. The summed E-state index contributed by atoms with van der Waals surface area (Å²) in [6, 6.07) is 16.4. The largest absolute Gasteiger partial charge is 0.497 e.